The number of hydrogen-bond donors (Lipinski definition) is 1. The first-order valence-electron chi connectivity index (χ1n) is 4.76. The smallest absolute Gasteiger partial charge is 0.338 e. The van der Waals surface area contributed by atoms with E-state index in [1.54, 1.807) is 12.1 Å². The van der Waals surface area contributed by atoms with Gasteiger partial charge in [0.05, 0.1) is 12.7 Å². The first-order chi connectivity index (χ1) is 7.15. The second kappa shape index (κ2) is 5.32. The third-order valence-corrected chi connectivity index (χ3v) is 1.95. The summed E-state index contributed by atoms with van der Waals surface area (Å²) in [7, 11) is 1.37. The predicted octanol–water partition coefficient (Wildman–Crippen LogP) is 1.83. The Labute approximate surface area is 89.5 Å². The van der Waals surface area contributed by atoms with Crippen molar-refractivity contribution in [3.8, 4) is 0 Å². The standard InChI is InChI=1S/C12H15NO2/c1-9(13)7-8-10-5-3-4-6-11(10)12(14)15-2/h3-9H,13H2,1-2H3/b8-7+. The van der Waals surface area contributed by atoms with Gasteiger partial charge >= 0.3 is 5.97 Å². The number of benzene rings is 1. The van der Waals surface area contributed by atoms with Crippen molar-refractivity contribution in [3.05, 3.63) is 41.5 Å². The molecule has 0 bridgehead atoms. The molecule has 1 rings (SSSR count). The maximum Gasteiger partial charge on any atom is 0.338 e. The zero-order chi connectivity index (χ0) is 11.3. The molecule has 80 valence electrons. The van der Waals surface area contributed by atoms with Gasteiger partial charge in [-0.25, -0.2) is 4.79 Å². The van der Waals surface area contributed by atoms with Crippen molar-refractivity contribution >= 4 is 12.0 Å². The van der Waals surface area contributed by atoms with Crippen molar-refractivity contribution in [3.63, 3.8) is 0 Å². The number of ether oxygens (including phenoxy) is 1. The molecule has 0 saturated heterocycles. The summed E-state index contributed by atoms with van der Waals surface area (Å²) in [5.74, 6) is -0.333. The van der Waals surface area contributed by atoms with Gasteiger partial charge in [-0.3, -0.25) is 0 Å². The molecule has 0 amide bonds. The highest BCUT2D eigenvalue weighted by Crippen LogP contribution is 2.12. The molecule has 0 radical (unpaired) electrons. The van der Waals surface area contributed by atoms with E-state index in [0.717, 1.165) is 5.56 Å². The Hall–Kier alpha value is -1.61. The van der Waals surface area contributed by atoms with Crippen molar-refractivity contribution in [1.82, 2.24) is 0 Å². The molecule has 1 atom stereocenters. The van der Waals surface area contributed by atoms with Crippen LogP contribution in [0.3, 0.4) is 0 Å². The Morgan fingerprint density at radius 1 is 1.47 bits per heavy atom. The van der Waals surface area contributed by atoms with Gasteiger partial charge in [-0.2, -0.15) is 0 Å². The monoisotopic (exact) mass is 205 g/mol. The van der Waals surface area contributed by atoms with Crippen LogP contribution in [0.25, 0.3) is 6.08 Å². The van der Waals surface area contributed by atoms with E-state index in [9.17, 15) is 4.79 Å². The summed E-state index contributed by atoms with van der Waals surface area (Å²) < 4.78 is 4.68. The normalized spacial score (nSPS) is 12.7. The van der Waals surface area contributed by atoms with Crippen LogP contribution in [0, 0.1) is 0 Å². The number of esters is 1. The summed E-state index contributed by atoms with van der Waals surface area (Å²) in [6, 6.07) is 7.22. The van der Waals surface area contributed by atoms with Crippen LogP contribution in [0.2, 0.25) is 0 Å². The molecular weight excluding hydrogens is 190 g/mol. The number of nitrogens with two attached hydrogens (primary N) is 1. The molecule has 2 N–H and O–H groups in total. The molecule has 1 aromatic rings. The van der Waals surface area contributed by atoms with Crippen LogP contribution in [0.15, 0.2) is 30.3 Å². The van der Waals surface area contributed by atoms with Crippen LogP contribution in [0.4, 0.5) is 0 Å². The van der Waals surface area contributed by atoms with Crippen LogP contribution in [0.5, 0.6) is 0 Å². The van der Waals surface area contributed by atoms with Gasteiger partial charge in [0, 0.05) is 6.04 Å². The number of rotatable bonds is 3. The molecule has 15 heavy (non-hydrogen) atoms. The van der Waals surface area contributed by atoms with Gasteiger partial charge in [-0.15, -0.1) is 0 Å². The Kier molecular flexibility index (Phi) is 4.06. The minimum absolute atomic E-state index is 0.0318. The van der Waals surface area contributed by atoms with Crippen molar-refractivity contribution in [2.24, 2.45) is 5.73 Å². The zero-order valence-electron chi connectivity index (χ0n) is 8.94. The van der Waals surface area contributed by atoms with Gasteiger partial charge in [-0.1, -0.05) is 30.4 Å². The summed E-state index contributed by atoms with van der Waals surface area (Å²) >= 11 is 0. The average Bonchev–Trinajstić information content (AvgIpc) is 2.25. The molecule has 0 aliphatic carbocycles. The van der Waals surface area contributed by atoms with Gasteiger partial charge in [0.2, 0.25) is 0 Å². The highest BCUT2D eigenvalue weighted by molar-refractivity contribution is 5.93. The Morgan fingerprint density at radius 2 is 2.13 bits per heavy atom. The lowest BCUT2D eigenvalue weighted by atomic mass is 10.1. The number of methoxy groups -OCH3 is 1. The molecule has 0 fully saturated rings. The molecule has 3 heteroatoms. The molecule has 0 spiro atoms. The minimum Gasteiger partial charge on any atom is -0.465 e. The molecule has 0 aromatic heterocycles. The third-order valence-electron chi connectivity index (χ3n) is 1.95. The Bertz CT molecular complexity index is 370. The van der Waals surface area contributed by atoms with Crippen molar-refractivity contribution < 1.29 is 9.53 Å². The van der Waals surface area contributed by atoms with E-state index in [1.807, 2.05) is 31.2 Å². The molecule has 1 aromatic carbocycles. The first kappa shape index (κ1) is 11.5. The van der Waals surface area contributed by atoms with Gasteiger partial charge in [0.25, 0.3) is 0 Å². The van der Waals surface area contributed by atoms with E-state index < -0.39 is 0 Å². The molecule has 3 nitrogen and oxygen atoms in total. The lowest BCUT2D eigenvalue weighted by molar-refractivity contribution is 0.0600. The Balaban J connectivity index is 3.01. The first-order valence-corrected chi connectivity index (χ1v) is 4.76. The number of carbonyl (C=O) groups excluding carboxylic acids is 1. The fourth-order valence-corrected chi connectivity index (χ4v) is 1.19. The highest BCUT2D eigenvalue weighted by atomic mass is 16.5. The lowest BCUT2D eigenvalue weighted by Crippen LogP contribution is -2.10. The summed E-state index contributed by atoms with van der Waals surface area (Å²) in [6.45, 7) is 1.87. The van der Waals surface area contributed by atoms with E-state index in [1.165, 1.54) is 7.11 Å². The lowest BCUT2D eigenvalue weighted by Gasteiger charge is -2.03. The van der Waals surface area contributed by atoms with E-state index in [4.69, 9.17) is 5.73 Å². The van der Waals surface area contributed by atoms with Gasteiger partial charge in [0.15, 0.2) is 0 Å². The quantitative estimate of drug-likeness (QED) is 0.766. The van der Waals surface area contributed by atoms with Crippen LogP contribution < -0.4 is 5.73 Å². The topological polar surface area (TPSA) is 52.3 Å². The van der Waals surface area contributed by atoms with E-state index in [0.29, 0.717) is 5.56 Å². The van der Waals surface area contributed by atoms with Crippen LogP contribution in [-0.2, 0) is 4.74 Å². The van der Waals surface area contributed by atoms with Crippen LogP contribution in [0.1, 0.15) is 22.8 Å². The summed E-state index contributed by atoms with van der Waals surface area (Å²) in [4.78, 5) is 11.4. The van der Waals surface area contributed by atoms with Crippen LogP contribution >= 0.6 is 0 Å². The molecular formula is C12H15NO2. The van der Waals surface area contributed by atoms with E-state index in [-0.39, 0.29) is 12.0 Å². The predicted molar refractivity (Wildman–Crippen MR) is 60.5 cm³/mol. The minimum atomic E-state index is -0.333. The fourth-order valence-electron chi connectivity index (χ4n) is 1.19. The summed E-state index contributed by atoms with van der Waals surface area (Å²) in [5, 5.41) is 0. The maximum absolute atomic E-state index is 11.4. The molecule has 0 saturated carbocycles. The Morgan fingerprint density at radius 3 is 2.73 bits per heavy atom. The second-order valence-electron chi connectivity index (χ2n) is 3.30. The zero-order valence-corrected chi connectivity index (χ0v) is 8.94. The van der Waals surface area contributed by atoms with Crippen molar-refractivity contribution in [2.75, 3.05) is 7.11 Å². The third kappa shape index (κ3) is 3.22. The maximum atomic E-state index is 11.4. The van der Waals surface area contributed by atoms with E-state index in [2.05, 4.69) is 4.74 Å². The van der Waals surface area contributed by atoms with E-state index >= 15 is 0 Å². The molecule has 0 aliphatic rings. The van der Waals surface area contributed by atoms with Crippen molar-refractivity contribution in [1.29, 1.82) is 0 Å². The van der Waals surface area contributed by atoms with Gasteiger partial charge in [-0.05, 0) is 18.6 Å². The molecule has 0 heterocycles. The number of carbonyl (C=O) groups is 1. The van der Waals surface area contributed by atoms with Gasteiger partial charge < -0.3 is 10.5 Å². The fraction of sp³-hybridized carbons (Fsp3) is 0.250. The van der Waals surface area contributed by atoms with Crippen molar-refractivity contribution in [2.45, 2.75) is 13.0 Å². The average molecular weight is 205 g/mol. The SMILES string of the molecule is COC(=O)c1ccccc1/C=C/C(C)N. The highest BCUT2D eigenvalue weighted by Gasteiger charge is 2.08. The summed E-state index contributed by atoms with van der Waals surface area (Å²) in [5.41, 5.74) is 6.97. The molecule has 1 unspecified atom stereocenters. The molecule has 0 aliphatic heterocycles. The van der Waals surface area contributed by atoms with Crippen LogP contribution in [-0.4, -0.2) is 19.1 Å². The largest absolute Gasteiger partial charge is 0.465 e. The summed E-state index contributed by atoms with van der Waals surface area (Å²) in [6.07, 6.45) is 3.67. The second-order valence-corrected chi connectivity index (χ2v) is 3.30. The number of hydrogen-bond acceptors (Lipinski definition) is 3. The van der Waals surface area contributed by atoms with Gasteiger partial charge in [0.1, 0.15) is 0 Å².